The smallest absolute Gasteiger partial charge is 0.432 e. The Morgan fingerprint density at radius 3 is 2.25 bits per heavy atom. The van der Waals surface area contributed by atoms with Crippen LogP contribution in [0.3, 0.4) is 0 Å². The average molecular weight is 451 g/mol. The molecule has 0 saturated carbocycles. The highest BCUT2D eigenvalue weighted by atomic mass is 19.4. The average Bonchev–Trinajstić information content (AvgIpc) is 2.75. The van der Waals surface area contributed by atoms with E-state index in [-0.39, 0.29) is 17.7 Å². The number of carbonyl (C=O) groups excluding carboxylic acids is 1. The second-order valence-corrected chi connectivity index (χ2v) is 8.46. The number of halogens is 3. The number of carbonyl (C=O) groups is 1. The summed E-state index contributed by atoms with van der Waals surface area (Å²) in [5.74, 6) is -1.51. The van der Waals surface area contributed by atoms with Crippen LogP contribution in [0.1, 0.15) is 25.0 Å². The predicted molar refractivity (Wildman–Crippen MR) is 113 cm³/mol. The van der Waals surface area contributed by atoms with E-state index in [2.05, 4.69) is 4.90 Å². The van der Waals surface area contributed by atoms with E-state index in [1.54, 1.807) is 6.07 Å². The first kappa shape index (κ1) is 24.2. The minimum Gasteiger partial charge on any atom is -0.460 e. The van der Waals surface area contributed by atoms with Crippen molar-refractivity contribution in [3.63, 3.8) is 0 Å². The maximum Gasteiger partial charge on any atom is 0.432 e. The molecule has 1 fully saturated rings. The first-order chi connectivity index (χ1) is 15.1. The van der Waals surface area contributed by atoms with Gasteiger partial charge in [-0.05, 0) is 19.4 Å². The van der Waals surface area contributed by atoms with Crippen molar-refractivity contribution in [1.29, 1.82) is 0 Å². The van der Waals surface area contributed by atoms with Crippen LogP contribution < -0.4 is 0 Å². The normalized spacial score (nSPS) is 21.0. The van der Waals surface area contributed by atoms with Crippen molar-refractivity contribution in [3.05, 3.63) is 71.8 Å². The molecule has 5 nitrogen and oxygen atoms in total. The topological polar surface area (TPSA) is 48.0 Å². The molecule has 0 N–H and O–H groups in total. The lowest BCUT2D eigenvalue weighted by molar-refractivity contribution is -0.277. The van der Waals surface area contributed by atoms with Crippen LogP contribution in [-0.2, 0) is 31.2 Å². The van der Waals surface area contributed by atoms with E-state index in [9.17, 15) is 18.0 Å². The molecule has 3 rings (SSSR count). The quantitative estimate of drug-likeness (QED) is 0.587. The molecule has 2 aromatic rings. The summed E-state index contributed by atoms with van der Waals surface area (Å²) in [6.07, 6.45) is -5.57. The van der Waals surface area contributed by atoms with Gasteiger partial charge in [0.25, 0.3) is 5.60 Å². The van der Waals surface area contributed by atoms with Gasteiger partial charge in [-0.3, -0.25) is 4.90 Å². The van der Waals surface area contributed by atoms with Gasteiger partial charge in [0.1, 0.15) is 12.7 Å². The van der Waals surface area contributed by atoms with E-state index in [1.807, 2.05) is 44.2 Å². The lowest BCUT2D eigenvalue weighted by Crippen LogP contribution is -2.57. The lowest BCUT2D eigenvalue weighted by Gasteiger charge is -2.45. The molecular weight excluding hydrogens is 423 g/mol. The summed E-state index contributed by atoms with van der Waals surface area (Å²) in [5, 5.41) is 0. The summed E-state index contributed by atoms with van der Waals surface area (Å²) in [5.41, 5.74) is -2.71. The van der Waals surface area contributed by atoms with Crippen molar-refractivity contribution in [1.82, 2.24) is 4.90 Å². The SMILES string of the molecule is CO[C@@](C(=O)OC[C@H]1CN(Cc2ccccc2)C(C)(C)CO1)(c1ccccc1)C(F)(F)F. The van der Waals surface area contributed by atoms with Crippen molar-refractivity contribution >= 4 is 5.97 Å². The highest BCUT2D eigenvalue weighted by Gasteiger charge is 2.64. The minimum atomic E-state index is -5.01. The predicted octanol–water partition coefficient (Wildman–Crippen LogP) is 4.31. The van der Waals surface area contributed by atoms with E-state index in [4.69, 9.17) is 14.2 Å². The number of hydrogen-bond acceptors (Lipinski definition) is 5. The molecule has 0 aromatic heterocycles. The van der Waals surface area contributed by atoms with E-state index < -0.39 is 23.9 Å². The van der Waals surface area contributed by atoms with E-state index in [0.29, 0.717) is 19.7 Å². The van der Waals surface area contributed by atoms with Crippen LogP contribution in [0.5, 0.6) is 0 Å². The third-order valence-electron chi connectivity index (χ3n) is 5.74. The number of nitrogens with zero attached hydrogens (tertiary/aromatic N) is 1. The second-order valence-electron chi connectivity index (χ2n) is 8.46. The molecule has 2 atom stereocenters. The largest absolute Gasteiger partial charge is 0.460 e. The molecule has 0 spiro atoms. The Kier molecular flexibility index (Phi) is 7.27. The highest BCUT2D eigenvalue weighted by molar-refractivity contribution is 5.82. The number of benzene rings is 2. The summed E-state index contributed by atoms with van der Waals surface area (Å²) in [4.78, 5) is 14.9. The zero-order valence-corrected chi connectivity index (χ0v) is 18.4. The number of hydrogen-bond donors (Lipinski definition) is 0. The van der Waals surface area contributed by atoms with Gasteiger partial charge in [0.2, 0.25) is 0 Å². The van der Waals surface area contributed by atoms with Gasteiger partial charge in [-0.15, -0.1) is 0 Å². The zero-order chi connectivity index (χ0) is 23.4. The molecule has 174 valence electrons. The lowest BCUT2D eigenvalue weighted by atomic mass is 9.92. The van der Waals surface area contributed by atoms with Crippen molar-refractivity contribution in [3.8, 4) is 0 Å². The van der Waals surface area contributed by atoms with Gasteiger partial charge in [0, 0.05) is 31.3 Å². The number of alkyl halides is 3. The van der Waals surface area contributed by atoms with Crippen LogP contribution in [0.25, 0.3) is 0 Å². The standard InChI is InChI=1S/C24H28F3NO4/c1-22(2)17-32-20(15-28(22)14-18-10-6-4-7-11-18)16-31-21(29)23(30-3,24(25,26)27)19-12-8-5-9-13-19/h4-13,20H,14-17H2,1-3H3/t20-,23-/m1/s1. The van der Waals surface area contributed by atoms with Gasteiger partial charge >= 0.3 is 12.1 Å². The summed E-state index contributed by atoms with van der Waals surface area (Å²) in [6.45, 7) is 5.17. The molecule has 0 bridgehead atoms. The Hall–Kier alpha value is -2.42. The van der Waals surface area contributed by atoms with Gasteiger partial charge in [0.05, 0.1) is 6.61 Å². The summed E-state index contributed by atoms with van der Waals surface area (Å²) >= 11 is 0. The Morgan fingerprint density at radius 1 is 1.09 bits per heavy atom. The van der Waals surface area contributed by atoms with Crippen molar-refractivity contribution in [2.24, 2.45) is 0 Å². The van der Waals surface area contributed by atoms with E-state index >= 15 is 0 Å². The number of esters is 1. The molecular formula is C24H28F3NO4. The zero-order valence-electron chi connectivity index (χ0n) is 18.4. The molecule has 0 amide bonds. The fraction of sp³-hybridized carbons (Fsp3) is 0.458. The first-order valence-electron chi connectivity index (χ1n) is 10.4. The molecule has 0 radical (unpaired) electrons. The fourth-order valence-corrected chi connectivity index (χ4v) is 3.80. The highest BCUT2D eigenvalue weighted by Crippen LogP contribution is 2.43. The maximum absolute atomic E-state index is 14.0. The van der Waals surface area contributed by atoms with Crippen LogP contribution in [0.4, 0.5) is 13.2 Å². The van der Waals surface area contributed by atoms with Gasteiger partial charge < -0.3 is 14.2 Å². The van der Waals surface area contributed by atoms with Crippen LogP contribution in [0, 0.1) is 0 Å². The summed E-state index contributed by atoms with van der Waals surface area (Å²) in [6, 6.07) is 16.6. The van der Waals surface area contributed by atoms with Crippen LogP contribution in [0.2, 0.25) is 0 Å². The number of morpholine rings is 1. The second kappa shape index (κ2) is 9.60. The van der Waals surface area contributed by atoms with Crippen molar-refractivity contribution in [2.45, 2.75) is 43.8 Å². The molecule has 0 unspecified atom stereocenters. The van der Waals surface area contributed by atoms with Crippen LogP contribution in [-0.4, -0.2) is 55.6 Å². The van der Waals surface area contributed by atoms with Crippen LogP contribution >= 0.6 is 0 Å². The maximum atomic E-state index is 14.0. The molecule has 1 aliphatic rings. The van der Waals surface area contributed by atoms with E-state index in [1.165, 1.54) is 24.3 Å². The molecule has 8 heteroatoms. The fourth-order valence-electron chi connectivity index (χ4n) is 3.80. The molecule has 1 heterocycles. The Balaban J connectivity index is 1.72. The van der Waals surface area contributed by atoms with Gasteiger partial charge in [-0.25, -0.2) is 4.79 Å². The van der Waals surface area contributed by atoms with Gasteiger partial charge in [-0.2, -0.15) is 13.2 Å². The summed E-state index contributed by atoms with van der Waals surface area (Å²) in [7, 11) is 0.850. The van der Waals surface area contributed by atoms with E-state index in [0.717, 1.165) is 12.7 Å². The third kappa shape index (κ3) is 4.98. The van der Waals surface area contributed by atoms with Gasteiger partial charge in [-0.1, -0.05) is 60.7 Å². The van der Waals surface area contributed by atoms with Crippen molar-refractivity contribution < 1.29 is 32.2 Å². The summed E-state index contributed by atoms with van der Waals surface area (Å²) < 4.78 is 57.8. The minimum absolute atomic E-state index is 0.275. The van der Waals surface area contributed by atoms with Crippen molar-refractivity contribution in [2.75, 3.05) is 26.9 Å². The molecule has 32 heavy (non-hydrogen) atoms. The first-order valence-corrected chi connectivity index (χ1v) is 10.4. The molecule has 0 aliphatic carbocycles. The van der Waals surface area contributed by atoms with Crippen LogP contribution in [0.15, 0.2) is 60.7 Å². The Morgan fingerprint density at radius 2 is 1.69 bits per heavy atom. The molecule has 1 saturated heterocycles. The monoisotopic (exact) mass is 451 g/mol. The Bertz CT molecular complexity index is 889. The number of methoxy groups -OCH3 is 1. The molecule has 2 aromatic carbocycles. The number of ether oxygens (including phenoxy) is 3. The Labute approximate surface area is 186 Å². The molecule has 1 aliphatic heterocycles. The van der Waals surface area contributed by atoms with Gasteiger partial charge in [0.15, 0.2) is 0 Å². The third-order valence-corrected chi connectivity index (χ3v) is 5.74. The number of rotatable bonds is 7.